The molecule has 168 valence electrons. The van der Waals surface area contributed by atoms with Gasteiger partial charge < -0.3 is 14.9 Å². The van der Waals surface area contributed by atoms with E-state index in [9.17, 15) is 0 Å². The Labute approximate surface area is 200 Å². The standard InChI is InChI=1S/C25H31N3.2CH3.Fe/c1-16-10-7-11-17(2)24(16)26-20(5)22-14-9-15-23(28-22)21(6)27-25-18(3)12-8-13-19(25)4;;;/h7-10,12,14-15,17,19H,11,13H2,1-6H3;2*1H3;/q;2*-1;+2/t17-,19+;;;. The van der Waals surface area contributed by atoms with Crippen molar-refractivity contribution in [2.75, 3.05) is 0 Å². The number of hydrogen-bond acceptors (Lipinski definition) is 3. The molecule has 3 rings (SSSR count). The zero-order valence-electron chi connectivity index (χ0n) is 20.3. The van der Waals surface area contributed by atoms with Crippen LogP contribution >= 0.6 is 0 Å². The van der Waals surface area contributed by atoms with Crippen LogP contribution in [0.25, 0.3) is 0 Å². The zero-order valence-corrected chi connectivity index (χ0v) is 21.4. The third kappa shape index (κ3) is 6.98. The predicted octanol–water partition coefficient (Wildman–Crippen LogP) is 7.34. The first-order valence-corrected chi connectivity index (χ1v) is 10.2. The number of hydrogen-bond donors (Lipinski definition) is 0. The summed E-state index contributed by atoms with van der Waals surface area (Å²) in [6, 6.07) is 6.11. The Morgan fingerprint density at radius 3 is 1.55 bits per heavy atom. The molecule has 0 amide bonds. The molecular weight excluding hydrogens is 422 g/mol. The van der Waals surface area contributed by atoms with Crippen molar-refractivity contribution in [2.24, 2.45) is 21.8 Å². The molecule has 0 saturated carbocycles. The number of nitrogens with zero attached hydrogens (tertiary/aromatic N) is 3. The summed E-state index contributed by atoms with van der Waals surface area (Å²) in [6.45, 7) is 12.8. The van der Waals surface area contributed by atoms with Crippen molar-refractivity contribution >= 4 is 11.4 Å². The Morgan fingerprint density at radius 2 is 1.19 bits per heavy atom. The smallest absolute Gasteiger partial charge is 0.358 e. The molecule has 0 spiro atoms. The van der Waals surface area contributed by atoms with E-state index < -0.39 is 0 Å². The average Bonchev–Trinajstić information content (AvgIpc) is 2.67. The molecule has 0 radical (unpaired) electrons. The van der Waals surface area contributed by atoms with Crippen LogP contribution in [-0.2, 0) is 17.1 Å². The molecule has 0 fully saturated rings. The monoisotopic (exact) mass is 459 g/mol. The van der Waals surface area contributed by atoms with Gasteiger partial charge in [0.15, 0.2) is 0 Å². The second-order valence-electron chi connectivity index (χ2n) is 8.02. The minimum Gasteiger partial charge on any atom is -0.358 e. The van der Waals surface area contributed by atoms with Crippen LogP contribution < -0.4 is 0 Å². The van der Waals surface area contributed by atoms with Crippen molar-refractivity contribution in [3.8, 4) is 0 Å². The second-order valence-corrected chi connectivity index (χ2v) is 8.02. The number of allylic oxidation sites excluding steroid dienone is 8. The summed E-state index contributed by atoms with van der Waals surface area (Å²) >= 11 is 0. The molecule has 0 aliphatic heterocycles. The summed E-state index contributed by atoms with van der Waals surface area (Å²) in [5.74, 6) is 0.893. The largest absolute Gasteiger partial charge is 2.00 e. The number of aromatic nitrogens is 1. The number of rotatable bonds is 4. The van der Waals surface area contributed by atoms with Gasteiger partial charge in [-0.25, -0.2) is 4.98 Å². The fourth-order valence-corrected chi connectivity index (χ4v) is 3.78. The van der Waals surface area contributed by atoms with Crippen LogP contribution in [0, 0.1) is 26.7 Å². The van der Waals surface area contributed by atoms with Gasteiger partial charge in [-0.3, -0.25) is 9.98 Å². The molecule has 1 aromatic heterocycles. The molecule has 0 bridgehead atoms. The first kappa shape index (κ1) is 29.0. The zero-order chi connectivity index (χ0) is 20.3. The topological polar surface area (TPSA) is 37.6 Å². The van der Waals surface area contributed by atoms with Gasteiger partial charge in [0, 0.05) is 23.2 Å². The molecule has 2 aliphatic carbocycles. The van der Waals surface area contributed by atoms with Crippen molar-refractivity contribution in [1.82, 2.24) is 4.98 Å². The van der Waals surface area contributed by atoms with Gasteiger partial charge in [-0.2, -0.15) is 0 Å². The van der Waals surface area contributed by atoms with Crippen LogP contribution in [0.15, 0.2) is 75.0 Å². The maximum absolute atomic E-state index is 4.93. The summed E-state index contributed by atoms with van der Waals surface area (Å²) in [6.07, 6.45) is 10.9. The maximum Gasteiger partial charge on any atom is 2.00 e. The molecule has 3 nitrogen and oxygen atoms in total. The van der Waals surface area contributed by atoms with Gasteiger partial charge in [0.1, 0.15) is 0 Å². The van der Waals surface area contributed by atoms with Gasteiger partial charge in [0.25, 0.3) is 0 Å². The van der Waals surface area contributed by atoms with Gasteiger partial charge >= 0.3 is 17.1 Å². The summed E-state index contributed by atoms with van der Waals surface area (Å²) in [4.78, 5) is 14.7. The van der Waals surface area contributed by atoms with Gasteiger partial charge in [-0.05, 0) is 63.8 Å². The van der Waals surface area contributed by atoms with E-state index >= 15 is 0 Å². The van der Waals surface area contributed by atoms with Crippen LogP contribution in [0.2, 0.25) is 0 Å². The molecule has 31 heavy (non-hydrogen) atoms. The van der Waals surface area contributed by atoms with Gasteiger partial charge in [-0.15, -0.1) is 0 Å². The van der Waals surface area contributed by atoms with Crippen molar-refractivity contribution < 1.29 is 17.1 Å². The van der Waals surface area contributed by atoms with Gasteiger partial charge in [0.2, 0.25) is 0 Å². The molecule has 0 saturated heterocycles. The first-order chi connectivity index (χ1) is 13.4. The van der Waals surface area contributed by atoms with Crippen LogP contribution in [0.4, 0.5) is 0 Å². The van der Waals surface area contributed by atoms with E-state index in [0.717, 1.165) is 35.7 Å². The van der Waals surface area contributed by atoms with Crippen LogP contribution in [0.3, 0.4) is 0 Å². The van der Waals surface area contributed by atoms with E-state index in [1.807, 2.05) is 32.0 Å². The molecule has 2 atom stereocenters. The molecular formula is C27H37FeN3. The van der Waals surface area contributed by atoms with Crippen molar-refractivity contribution in [3.05, 3.63) is 91.3 Å². The second kappa shape index (κ2) is 12.7. The van der Waals surface area contributed by atoms with Crippen LogP contribution in [0.1, 0.15) is 65.8 Å². The fraction of sp³-hybridized carbons (Fsp3) is 0.370. The molecule has 2 aliphatic rings. The van der Waals surface area contributed by atoms with Gasteiger partial charge in [0.05, 0.1) is 22.8 Å². The maximum atomic E-state index is 4.93. The normalized spacial score (nSPS) is 21.4. The Kier molecular flexibility index (Phi) is 11.9. The summed E-state index contributed by atoms with van der Waals surface area (Å²) in [5.41, 5.74) is 8.56. The number of pyridine rings is 1. The SMILES string of the molecule is CC(=NC1=C(C)C=CC[C@H]1C)c1cccc(C(C)=NC2=C(C)C=CC[C@@H]2C)n1.[CH3-].[CH3-].[Fe+2]. The van der Waals surface area contributed by atoms with Gasteiger partial charge in [-0.1, -0.05) is 44.2 Å². The predicted molar refractivity (Wildman–Crippen MR) is 133 cm³/mol. The first-order valence-electron chi connectivity index (χ1n) is 10.2. The van der Waals surface area contributed by atoms with Crippen molar-refractivity contribution in [1.29, 1.82) is 0 Å². The van der Waals surface area contributed by atoms with Crippen molar-refractivity contribution in [3.63, 3.8) is 0 Å². The Bertz CT molecular complexity index is 872. The fourth-order valence-electron chi connectivity index (χ4n) is 3.78. The number of aliphatic imine (C=N–C) groups is 2. The molecule has 0 N–H and O–H groups in total. The Balaban J connectivity index is 0.00000300. The van der Waals surface area contributed by atoms with Crippen LogP contribution in [-0.4, -0.2) is 16.4 Å². The Morgan fingerprint density at radius 1 is 0.806 bits per heavy atom. The quantitative estimate of drug-likeness (QED) is 0.264. The van der Waals surface area contributed by atoms with E-state index in [1.165, 1.54) is 22.5 Å². The minimum atomic E-state index is 0. The third-order valence-corrected chi connectivity index (χ3v) is 5.52. The minimum absolute atomic E-state index is 0. The Hall–Kier alpha value is -2.03. The van der Waals surface area contributed by atoms with E-state index in [2.05, 4.69) is 52.0 Å². The average molecular weight is 459 g/mol. The summed E-state index contributed by atoms with van der Waals surface area (Å²) in [5, 5.41) is 0. The van der Waals surface area contributed by atoms with E-state index in [0.29, 0.717) is 11.8 Å². The molecule has 1 aromatic rings. The molecule has 0 unspecified atom stereocenters. The third-order valence-electron chi connectivity index (χ3n) is 5.52. The van der Waals surface area contributed by atoms with E-state index in [4.69, 9.17) is 15.0 Å². The summed E-state index contributed by atoms with van der Waals surface area (Å²) < 4.78 is 0. The van der Waals surface area contributed by atoms with Crippen LogP contribution in [0.5, 0.6) is 0 Å². The van der Waals surface area contributed by atoms with Crippen molar-refractivity contribution in [2.45, 2.75) is 54.4 Å². The summed E-state index contributed by atoms with van der Waals surface area (Å²) in [7, 11) is 0. The molecule has 1 heterocycles. The van der Waals surface area contributed by atoms with E-state index in [-0.39, 0.29) is 31.9 Å². The molecule has 4 heteroatoms. The van der Waals surface area contributed by atoms with E-state index in [1.54, 1.807) is 0 Å². The molecule has 0 aromatic carbocycles.